The summed E-state index contributed by atoms with van der Waals surface area (Å²) in [6, 6.07) is 10.6. The van der Waals surface area contributed by atoms with E-state index in [4.69, 9.17) is 9.47 Å². The van der Waals surface area contributed by atoms with Crippen LogP contribution in [-0.2, 0) is 16.0 Å². The van der Waals surface area contributed by atoms with Crippen molar-refractivity contribution in [2.45, 2.75) is 39.2 Å². The number of likely N-dealkylation sites (tertiary alicyclic amines) is 1. The Morgan fingerprint density at radius 1 is 1.12 bits per heavy atom. The molecular formula is C24H29N3O5. The Labute approximate surface area is 187 Å². The van der Waals surface area contributed by atoms with E-state index in [9.17, 15) is 14.4 Å². The largest absolute Gasteiger partial charge is 0.496 e. The Balaban J connectivity index is 1.52. The van der Waals surface area contributed by atoms with Crippen molar-refractivity contribution in [3.05, 3.63) is 58.9 Å². The van der Waals surface area contributed by atoms with Crippen LogP contribution in [0.1, 0.15) is 51.9 Å². The van der Waals surface area contributed by atoms with Crippen molar-refractivity contribution in [3.63, 3.8) is 0 Å². The fraction of sp³-hybridized carbons (Fsp3) is 0.417. The monoisotopic (exact) mass is 439 g/mol. The molecule has 1 aliphatic rings. The summed E-state index contributed by atoms with van der Waals surface area (Å²) in [4.78, 5) is 43.3. The van der Waals surface area contributed by atoms with Crippen LogP contribution in [0.4, 0.5) is 0 Å². The molecule has 3 rings (SSSR count). The van der Waals surface area contributed by atoms with E-state index in [1.54, 1.807) is 27.0 Å². The molecule has 170 valence electrons. The summed E-state index contributed by atoms with van der Waals surface area (Å²) in [6.07, 6.45) is 1.63. The third-order valence-electron chi connectivity index (χ3n) is 5.53. The smallest absolute Gasteiger partial charge is 0.339 e. The van der Waals surface area contributed by atoms with Gasteiger partial charge in [-0.05, 0) is 44.9 Å². The van der Waals surface area contributed by atoms with Crippen molar-refractivity contribution in [3.8, 4) is 5.75 Å². The number of hydrogen-bond acceptors (Lipinski definition) is 6. The number of para-hydroxylation sites is 1. The van der Waals surface area contributed by atoms with Gasteiger partial charge in [-0.3, -0.25) is 9.59 Å². The van der Waals surface area contributed by atoms with Crippen molar-refractivity contribution < 1.29 is 23.9 Å². The van der Waals surface area contributed by atoms with E-state index in [-0.39, 0.29) is 36.6 Å². The molecule has 32 heavy (non-hydrogen) atoms. The fourth-order valence-electron chi connectivity index (χ4n) is 3.77. The highest BCUT2D eigenvalue weighted by atomic mass is 16.5. The molecule has 0 saturated carbocycles. The summed E-state index contributed by atoms with van der Waals surface area (Å²) in [6.45, 7) is 4.84. The molecule has 2 aromatic rings. The van der Waals surface area contributed by atoms with Gasteiger partial charge in [-0.15, -0.1) is 0 Å². The molecule has 1 fully saturated rings. The number of piperidine rings is 1. The quantitative estimate of drug-likeness (QED) is 0.666. The lowest BCUT2D eigenvalue weighted by Gasteiger charge is -2.32. The van der Waals surface area contributed by atoms with Crippen LogP contribution in [0.15, 0.2) is 36.4 Å². The number of methoxy groups -OCH3 is 1. The third-order valence-corrected chi connectivity index (χ3v) is 5.53. The van der Waals surface area contributed by atoms with E-state index in [0.717, 1.165) is 5.56 Å². The Morgan fingerprint density at radius 2 is 1.84 bits per heavy atom. The van der Waals surface area contributed by atoms with E-state index in [0.29, 0.717) is 42.9 Å². The number of carbonyl (C=O) groups excluding carboxylic acids is 3. The molecule has 2 amide bonds. The molecular weight excluding hydrogens is 410 g/mol. The first-order chi connectivity index (χ1) is 15.4. The lowest BCUT2D eigenvalue weighted by atomic mass is 10.0. The van der Waals surface area contributed by atoms with Gasteiger partial charge in [0.2, 0.25) is 5.91 Å². The zero-order valence-electron chi connectivity index (χ0n) is 18.7. The van der Waals surface area contributed by atoms with Crippen molar-refractivity contribution in [2.75, 3.05) is 26.8 Å². The highest BCUT2D eigenvalue weighted by Gasteiger charge is 2.25. The number of benzene rings is 1. The van der Waals surface area contributed by atoms with Gasteiger partial charge in [-0.1, -0.05) is 18.2 Å². The Kier molecular flexibility index (Phi) is 7.81. The molecule has 0 radical (unpaired) electrons. The zero-order chi connectivity index (χ0) is 23.1. The minimum absolute atomic E-state index is 0.0374. The highest BCUT2D eigenvalue weighted by Crippen LogP contribution is 2.20. The van der Waals surface area contributed by atoms with Gasteiger partial charge in [0.15, 0.2) is 0 Å². The summed E-state index contributed by atoms with van der Waals surface area (Å²) in [7, 11) is 1.60. The van der Waals surface area contributed by atoms with Gasteiger partial charge >= 0.3 is 5.97 Å². The van der Waals surface area contributed by atoms with Gasteiger partial charge in [0.05, 0.1) is 31.4 Å². The number of hydrogen-bond donors (Lipinski definition) is 1. The lowest BCUT2D eigenvalue weighted by molar-refractivity contribution is -0.131. The van der Waals surface area contributed by atoms with E-state index in [2.05, 4.69) is 10.3 Å². The van der Waals surface area contributed by atoms with Crippen LogP contribution in [0, 0.1) is 6.92 Å². The molecule has 1 saturated heterocycles. The SMILES string of the molecule is CCOC(=O)c1ccc(C(=O)NC2CCN(C(=O)Cc3ccccc3OC)CC2)nc1C. The maximum absolute atomic E-state index is 12.7. The minimum Gasteiger partial charge on any atom is -0.496 e. The predicted molar refractivity (Wildman–Crippen MR) is 119 cm³/mol. The summed E-state index contributed by atoms with van der Waals surface area (Å²) < 4.78 is 10.3. The van der Waals surface area contributed by atoms with E-state index in [1.807, 2.05) is 29.2 Å². The average Bonchev–Trinajstić information content (AvgIpc) is 2.79. The van der Waals surface area contributed by atoms with Crippen LogP contribution >= 0.6 is 0 Å². The van der Waals surface area contributed by atoms with Gasteiger partial charge in [0.1, 0.15) is 11.4 Å². The molecule has 8 heteroatoms. The van der Waals surface area contributed by atoms with Crippen LogP contribution in [0.5, 0.6) is 5.75 Å². The number of ether oxygens (including phenoxy) is 2. The van der Waals surface area contributed by atoms with E-state index in [1.165, 1.54) is 6.07 Å². The van der Waals surface area contributed by atoms with Crippen LogP contribution < -0.4 is 10.1 Å². The average molecular weight is 440 g/mol. The van der Waals surface area contributed by atoms with Crippen LogP contribution in [0.3, 0.4) is 0 Å². The summed E-state index contributed by atoms with van der Waals surface area (Å²) >= 11 is 0. The lowest BCUT2D eigenvalue weighted by Crippen LogP contribution is -2.47. The fourth-order valence-corrected chi connectivity index (χ4v) is 3.77. The molecule has 0 bridgehead atoms. The van der Waals surface area contributed by atoms with Crippen LogP contribution in [0.2, 0.25) is 0 Å². The first kappa shape index (κ1) is 23.2. The summed E-state index contributed by atoms with van der Waals surface area (Å²) in [5, 5.41) is 2.99. The van der Waals surface area contributed by atoms with Gasteiger partial charge in [-0.2, -0.15) is 0 Å². The topological polar surface area (TPSA) is 97.8 Å². The number of nitrogens with one attached hydrogen (secondary N) is 1. The highest BCUT2D eigenvalue weighted by molar-refractivity contribution is 5.95. The van der Waals surface area contributed by atoms with Gasteiger partial charge < -0.3 is 19.7 Å². The number of pyridine rings is 1. The zero-order valence-corrected chi connectivity index (χ0v) is 18.7. The van der Waals surface area contributed by atoms with Crippen molar-refractivity contribution in [1.29, 1.82) is 0 Å². The molecule has 0 atom stereocenters. The van der Waals surface area contributed by atoms with Crippen molar-refractivity contribution in [2.24, 2.45) is 0 Å². The van der Waals surface area contributed by atoms with Crippen molar-refractivity contribution in [1.82, 2.24) is 15.2 Å². The molecule has 0 unspecified atom stereocenters. The first-order valence-corrected chi connectivity index (χ1v) is 10.8. The Hall–Kier alpha value is -3.42. The van der Waals surface area contributed by atoms with E-state index >= 15 is 0 Å². The molecule has 1 aliphatic heterocycles. The number of carbonyl (C=O) groups is 3. The maximum atomic E-state index is 12.7. The number of aromatic nitrogens is 1. The first-order valence-electron chi connectivity index (χ1n) is 10.8. The summed E-state index contributed by atoms with van der Waals surface area (Å²) in [5.74, 6) is 0.0165. The molecule has 1 aromatic heterocycles. The van der Waals surface area contributed by atoms with Gasteiger partial charge in [0.25, 0.3) is 5.91 Å². The number of esters is 1. The molecule has 2 heterocycles. The number of nitrogens with zero attached hydrogens (tertiary/aromatic N) is 2. The van der Waals surface area contributed by atoms with Crippen LogP contribution in [-0.4, -0.2) is 60.5 Å². The molecule has 1 N–H and O–H groups in total. The maximum Gasteiger partial charge on any atom is 0.339 e. The molecule has 8 nitrogen and oxygen atoms in total. The standard InChI is InChI=1S/C24H29N3O5/c1-4-32-24(30)19-9-10-20(25-16(19)2)23(29)26-18-11-13-27(14-12-18)22(28)15-17-7-5-6-8-21(17)31-3/h5-10,18H,4,11-15H2,1-3H3,(H,26,29). The second-order valence-corrected chi connectivity index (χ2v) is 7.67. The molecule has 0 spiro atoms. The van der Waals surface area contributed by atoms with Gasteiger partial charge in [-0.25, -0.2) is 9.78 Å². The third kappa shape index (κ3) is 5.63. The predicted octanol–water partition coefficient (Wildman–Crippen LogP) is 2.54. The van der Waals surface area contributed by atoms with Crippen molar-refractivity contribution >= 4 is 17.8 Å². The Bertz CT molecular complexity index is 983. The molecule has 0 aliphatic carbocycles. The second-order valence-electron chi connectivity index (χ2n) is 7.67. The van der Waals surface area contributed by atoms with Gasteiger partial charge in [0, 0.05) is 24.7 Å². The summed E-state index contributed by atoms with van der Waals surface area (Å²) in [5.41, 5.74) is 1.92. The Morgan fingerprint density at radius 3 is 2.50 bits per heavy atom. The second kappa shape index (κ2) is 10.7. The van der Waals surface area contributed by atoms with E-state index < -0.39 is 5.97 Å². The number of aryl methyl sites for hydroxylation is 1. The molecule has 1 aromatic carbocycles. The number of rotatable bonds is 7. The van der Waals surface area contributed by atoms with Crippen LogP contribution in [0.25, 0.3) is 0 Å². The minimum atomic E-state index is -0.449. The number of amides is 2. The normalized spacial score (nSPS) is 14.0.